The van der Waals surface area contributed by atoms with E-state index in [0.717, 1.165) is 24.9 Å². The van der Waals surface area contributed by atoms with Crippen molar-refractivity contribution in [1.82, 2.24) is 4.57 Å². The summed E-state index contributed by atoms with van der Waals surface area (Å²) in [5.74, 6) is 0.490. The predicted octanol–water partition coefficient (Wildman–Crippen LogP) is 1.59. The van der Waals surface area contributed by atoms with E-state index in [0.29, 0.717) is 25.7 Å². The van der Waals surface area contributed by atoms with Crippen molar-refractivity contribution in [3.63, 3.8) is 0 Å². The minimum Gasteiger partial charge on any atom is -0.388 e. The topological polar surface area (TPSA) is 43.6 Å². The fourth-order valence-corrected chi connectivity index (χ4v) is 1.87. The van der Waals surface area contributed by atoms with Crippen molar-refractivity contribution in [2.45, 2.75) is 25.5 Å². The van der Waals surface area contributed by atoms with Crippen LogP contribution in [0.15, 0.2) is 18.5 Å². The van der Waals surface area contributed by atoms with Gasteiger partial charge in [-0.3, -0.25) is 0 Å². The second kappa shape index (κ2) is 6.19. The molecule has 1 atom stereocenters. The normalized spacial score (nSPS) is 17.3. The molecule has 0 bridgehead atoms. The maximum atomic E-state index is 9.95. The van der Waals surface area contributed by atoms with Gasteiger partial charge in [0, 0.05) is 26.0 Å². The van der Waals surface area contributed by atoms with Crippen LogP contribution in [0.1, 0.15) is 24.5 Å². The number of hydrogen-bond acceptors (Lipinski definition) is 3. The Hall–Kier alpha value is -0.840. The standard InChI is InChI=1S/C13H21NO3/c1-16-8-9-17-7-6-14-5-4-12(10-14)13(15)11-2-3-11/h4-5,10-11,13,15H,2-3,6-9H2,1H3. The van der Waals surface area contributed by atoms with Gasteiger partial charge >= 0.3 is 0 Å². The summed E-state index contributed by atoms with van der Waals surface area (Å²) in [6.07, 6.45) is 6.06. The van der Waals surface area contributed by atoms with Gasteiger partial charge < -0.3 is 19.1 Å². The van der Waals surface area contributed by atoms with E-state index in [1.807, 2.05) is 18.5 Å². The lowest BCUT2D eigenvalue weighted by Gasteiger charge is -2.07. The Morgan fingerprint density at radius 2 is 2.24 bits per heavy atom. The molecule has 1 heterocycles. The Balaban J connectivity index is 1.70. The number of aliphatic hydroxyl groups excluding tert-OH is 1. The van der Waals surface area contributed by atoms with Gasteiger partial charge in [-0.05, 0) is 30.4 Å². The monoisotopic (exact) mass is 239 g/mol. The third-order valence-electron chi connectivity index (χ3n) is 3.11. The van der Waals surface area contributed by atoms with Gasteiger partial charge in [-0.15, -0.1) is 0 Å². The molecule has 17 heavy (non-hydrogen) atoms. The molecule has 1 N–H and O–H groups in total. The minimum atomic E-state index is -0.273. The van der Waals surface area contributed by atoms with E-state index in [1.54, 1.807) is 7.11 Å². The van der Waals surface area contributed by atoms with E-state index in [9.17, 15) is 5.11 Å². The van der Waals surface area contributed by atoms with Gasteiger partial charge in [-0.1, -0.05) is 0 Å². The van der Waals surface area contributed by atoms with Crippen LogP contribution in [-0.2, 0) is 16.0 Å². The molecule has 0 aliphatic heterocycles. The highest BCUT2D eigenvalue weighted by molar-refractivity contribution is 5.16. The Morgan fingerprint density at radius 1 is 1.41 bits per heavy atom. The van der Waals surface area contributed by atoms with E-state index >= 15 is 0 Å². The van der Waals surface area contributed by atoms with Gasteiger partial charge in [0.25, 0.3) is 0 Å². The third-order valence-corrected chi connectivity index (χ3v) is 3.11. The van der Waals surface area contributed by atoms with Crippen molar-refractivity contribution in [3.8, 4) is 0 Å². The Bertz CT molecular complexity index is 333. The van der Waals surface area contributed by atoms with E-state index in [2.05, 4.69) is 4.57 Å². The zero-order valence-corrected chi connectivity index (χ0v) is 10.3. The molecule has 0 aromatic carbocycles. The maximum Gasteiger partial charge on any atom is 0.0832 e. The molecule has 4 nitrogen and oxygen atoms in total. The zero-order chi connectivity index (χ0) is 12.1. The van der Waals surface area contributed by atoms with Crippen LogP contribution in [0.2, 0.25) is 0 Å². The number of rotatable bonds is 8. The molecule has 0 spiro atoms. The van der Waals surface area contributed by atoms with Crippen molar-refractivity contribution in [3.05, 3.63) is 24.0 Å². The molecule has 2 rings (SSSR count). The summed E-state index contributed by atoms with van der Waals surface area (Å²) in [7, 11) is 1.67. The van der Waals surface area contributed by atoms with Gasteiger partial charge in [0.15, 0.2) is 0 Å². The molecule has 1 saturated carbocycles. The van der Waals surface area contributed by atoms with Crippen molar-refractivity contribution in [1.29, 1.82) is 0 Å². The number of methoxy groups -OCH3 is 1. The summed E-state index contributed by atoms with van der Waals surface area (Å²) in [5, 5.41) is 9.95. The Labute approximate surface area is 102 Å². The number of nitrogens with zero attached hydrogens (tertiary/aromatic N) is 1. The lowest BCUT2D eigenvalue weighted by atomic mass is 10.1. The Kier molecular flexibility index (Phi) is 4.59. The lowest BCUT2D eigenvalue weighted by Crippen LogP contribution is -2.08. The van der Waals surface area contributed by atoms with Gasteiger partial charge in [0.2, 0.25) is 0 Å². The minimum absolute atomic E-state index is 0.273. The van der Waals surface area contributed by atoms with Gasteiger partial charge in [-0.2, -0.15) is 0 Å². The second-order valence-corrected chi connectivity index (χ2v) is 4.57. The van der Waals surface area contributed by atoms with Gasteiger partial charge in [0.1, 0.15) is 0 Å². The van der Waals surface area contributed by atoms with Crippen LogP contribution in [0.25, 0.3) is 0 Å². The number of ether oxygens (including phenoxy) is 2. The van der Waals surface area contributed by atoms with Crippen LogP contribution >= 0.6 is 0 Å². The number of hydrogen-bond donors (Lipinski definition) is 1. The molecular weight excluding hydrogens is 218 g/mol. The van der Waals surface area contributed by atoms with E-state index < -0.39 is 0 Å². The highest BCUT2D eigenvalue weighted by atomic mass is 16.5. The van der Waals surface area contributed by atoms with Crippen molar-refractivity contribution in [2.24, 2.45) is 5.92 Å². The molecule has 1 aliphatic carbocycles. The second-order valence-electron chi connectivity index (χ2n) is 4.57. The highest BCUT2D eigenvalue weighted by Crippen LogP contribution is 2.40. The van der Waals surface area contributed by atoms with Crippen LogP contribution in [0, 0.1) is 5.92 Å². The first-order chi connectivity index (χ1) is 8.31. The molecule has 1 fully saturated rings. The Morgan fingerprint density at radius 3 is 2.94 bits per heavy atom. The fourth-order valence-electron chi connectivity index (χ4n) is 1.87. The predicted molar refractivity (Wildman–Crippen MR) is 64.8 cm³/mol. The maximum absolute atomic E-state index is 9.95. The van der Waals surface area contributed by atoms with Crippen molar-refractivity contribution >= 4 is 0 Å². The third kappa shape index (κ3) is 3.84. The first-order valence-electron chi connectivity index (χ1n) is 6.21. The van der Waals surface area contributed by atoms with Crippen molar-refractivity contribution < 1.29 is 14.6 Å². The highest BCUT2D eigenvalue weighted by Gasteiger charge is 2.31. The zero-order valence-electron chi connectivity index (χ0n) is 10.3. The van der Waals surface area contributed by atoms with Gasteiger partial charge in [0.05, 0.1) is 25.9 Å². The molecule has 4 heteroatoms. The van der Waals surface area contributed by atoms with Crippen LogP contribution in [0.5, 0.6) is 0 Å². The summed E-state index contributed by atoms with van der Waals surface area (Å²) in [4.78, 5) is 0. The number of aliphatic hydroxyl groups is 1. The smallest absolute Gasteiger partial charge is 0.0832 e. The lowest BCUT2D eigenvalue weighted by molar-refractivity contribution is 0.0666. The largest absolute Gasteiger partial charge is 0.388 e. The average molecular weight is 239 g/mol. The molecule has 1 aromatic rings. The first-order valence-corrected chi connectivity index (χ1v) is 6.21. The molecule has 1 aromatic heterocycles. The molecule has 1 unspecified atom stereocenters. The quantitative estimate of drug-likeness (QED) is 0.701. The van der Waals surface area contributed by atoms with Crippen LogP contribution < -0.4 is 0 Å². The molecular formula is C13H21NO3. The SMILES string of the molecule is COCCOCCn1ccc(C(O)C2CC2)c1. The summed E-state index contributed by atoms with van der Waals surface area (Å²) >= 11 is 0. The van der Waals surface area contributed by atoms with Crippen LogP contribution in [0.3, 0.4) is 0 Å². The first kappa shape index (κ1) is 12.6. The van der Waals surface area contributed by atoms with Gasteiger partial charge in [-0.25, -0.2) is 0 Å². The number of aromatic nitrogens is 1. The van der Waals surface area contributed by atoms with E-state index in [-0.39, 0.29) is 6.10 Å². The van der Waals surface area contributed by atoms with Crippen LogP contribution in [0.4, 0.5) is 0 Å². The van der Waals surface area contributed by atoms with Crippen molar-refractivity contribution in [2.75, 3.05) is 26.9 Å². The summed E-state index contributed by atoms with van der Waals surface area (Å²) < 4.78 is 12.4. The average Bonchev–Trinajstić information content (AvgIpc) is 3.08. The van der Waals surface area contributed by atoms with E-state index in [1.165, 1.54) is 0 Å². The van der Waals surface area contributed by atoms with E-state index in [4.69, 9.17) is 9.47 Å². The molecule has 96 valence electrons. The molecule has 1 aliphatic rings. The summed E-state index contributed by atoms with van der Waals surface area (Å²) in [6, 6.07) is 2.00. The molecule has 0 saturated heterocycles. The molecule has 0 amide bonds. The fraction of sp³-hybridized carbons (Fsp3) is 0.692. The summed E-state index contributed by atoms with van der Waals surface area (Å²) in [6.45, 7) is 2.77. The van der Waals surface area contributed by atoms with Crippen LogP contribution in [-0.4, -0.2) is 36.6 Å². The summed E-state index contributed by atoms with van der Waals surface area (Å²) in [5.41, 5.74) is 1.03. The molecule has 0 radical (unpaired) electrons.